The molecule has 1 aromatic heterocycles. The summed E-state index contributed by atoms with van der Waals surface area (Å²) in [5.41, 5.74) is 1.96. The monoisotopic (exact) mass is 282 g/mol. The van der Waals surface area contributed by atoms with Crippen LogP contribution >= 0.6 is 11.6 Å². The summed E-state index contributed by atoms with van der Waals surface area (Å²) in [6.07, 6.45) is 0. The highest BCUT2D eigenvalue weighted by atomic mass is 35.5. The molecular formula is C14H19ClN2O2. The molecule has 4 nitrogen and oxygen atoms in total. The van der Waals surface area contributed by atoms with Crippen LogP contribution in [0.2, 0.25) is 0 Å². The second-order valence-electron chi connectivity index (χ2n) is 4.39. The summed E-state index contributed by atoms with van der Waals surface area (Å²) >= 11 is 6.00. The molecule has 5 heteroatoms. The van der Waals surface area contributed by atoms with Gasteiger partial charge in [0.05, 0.1) is 36.7 Å². The largest absolute Gasteiger partial charge is 0.497 e. The van der Waals surface area contributed by atoms with Crippen molar-refractivity contribution < 1.29 is 9.47 Å². The van der Waals surface area contributed by atoms with Crippen LogP contribution in [-0.4, -0.2) is 29.9 Å². The number of fused-ring (bicyclic) bond motifs is 1. The highest BCUT2D eigenvalue weighted by molar-refractivity contribution is 6.16. The van der Waals surface area contributed by atoms with E-state index in [0.717, 1.165) is 22.6 Å². The first-order valence-electron chi connectivity index (χ1n) is 6.39. The number of hydrogen-bond donors (Lipinski definition) is 0. The molecule has 19 heavy (non-hydrogen) atoms. The molecule has 0 spiro atoms. The van der Waals surface area contributed by atoms with E-state index in [1.165, 1.54) is 0 Å². The van der Waals surface area contributed by atoms with Gasteiger partial charge in [-0.15, -0.1) is 11.6 Å². The third-order valence-electron chi connectivity index (χ3n) is 3.09. The first-order valence-corrected chi connectivity index (χ1v) is 6.93. The molecule has 104 valence electrons. The lowest BCUT2D eigenvalue weighted by atomic mass is 10.2. The zero-order chi connectivity index (χ0) is 13.8. The SMILES string of the molecule is CCOCC(C)n1c(CCl)nc2ccc(OC)cc21. The Labute approximate surface area is 118 Å². The molecule has 0 N–H and O–H groups in total. The Balaban J connectivity index is 2.48. The highest BCUT2D eigenvalue weighted by Crippen LogP contribution is 2.26. The molecule has 0 amide bonds. The summed E-state index contributed by atoms with van der Waals surface area (Å²) in [5.74, 6) is 2.06. The molecule has 0 bridgehead atoms. The highest BCUT2D eigenvalue weighted by Gasteiger charge is 2.16. The minimum atomic E-state index is 0.186. The second-order valence-corrected chi connectivity index (χ2v) is 4.66. The van der Waals surface area contributed by atoms with Gasteiger partial charge in [-0.2, -0.15) is 0 Å². The van der Waals surface area contributed by atoms with Crippen molar-refractivity contribution in [2.45, 2.75) is 25.8 Å². The number of aromatic nitrogens is 2. The van der Waals surface area contributed by atoms with Crippen molar-refractivity contribution in [3.05, 3.63) is 24.0 Å². The fourth-order valence-electron chi connectivity index (χ4n) is 2.20. The maximum atomic E-state index is 6.00. The van der Waals surface area contributed by atoms with Crippen LogP contribution in [-0.2, 0) is 10.6 Å². The molecule has 2 aromatic rings. The first kappa shape index (κ1) is 14.2. The van der Waals surface area contributed by atoms with Gasteiger partial charge in [0.25, 0.3) is 0 Å². The topological polar surface area (TPSA) is 36.3 Å². The summed E-state index contributed by atoms with van der Waals surface area (Å²) in [4.78, 5) is 4.56. The normalized spacial score (nSPS) is 12.8. The van der Waals surface area contributed by atoms with Gasteiger partial charge < -0.3 is 14.0 Å². The Morgan fingerprint density at radius 1 is 1.42 bits per heavy atom. The van der Waals surface area contributed by atoms with E-state index >= 15 is 0 Å². The summed E-state index contributed by atoms with van der Waals surface area (Å²) in [6.45, 7) is 5.44. The number of ether oxygens (including phenoxy) is 2. The molecular weight excluding hydrogens is 264 g/mol. The Morgan fingerprint density at radius 2 is 2.21 bits per heavy atom. The number of alkyl halides is 1. The quantitative estimate of drug-likeness (QED) is 0.762. The predicted octanol–water partition coefficient (Wildman–Crippen LogP) is 3.38. The fourth-order valence-corrected chi connectivity index (χ4v) is 2.39. The lowest BCUT2D eigenvalue weighted by molar-refractivity contribution is 0.119. The minimum absolute atomic E-state index is 0.186. The predicted molar refractivity (Wildman–Crippen MR) is 77.0 cm³/mol. The molecule has 1 unspecified atom stereocenters. The smallest absolute Gasteiger partial charge is 0.125 e. The van der Waals surface area contributed by atoms with Crippen molar-refractivity contribution in [1.82, 2.24) is 9.55 Å². The van der Waals surface area contributed by atoms with Gasteiger partial charge in [-0.1, -0.05) is 0 Å². The molecule has 1 aromatic carbocycles. The summed E-state index contributed by atoms with van der Waals surface area (Å²) in [5, 5.41) is 0. The van der Waals surface area contributed by atoms with Crippen LogP contribution in [0.25, 0.3) is 11.0 Å². The van der Waals surface area contributed by atoms with Gasteiger partial charge in [0.1, 0.15) is 11.6 Å². The Bertz CT molecular complexity index is 554. The third kappa shape index (κ3) is 2.85. The van der Waals surface area contributed by atoms with Gasteiger partial charge in [0.2, 0.25) is 0 Å². The molecule has 0 fully saturated rings. The van der Waals surface area contributed by atoms with Crippen molar-refractivity contribution in [3.63, 3.8) is 0 Å². The van der Waals surface area contributed by atoms with Crippen LogP contribution < -0.4 is 4.74 Å². The molecule has 1 atom stereocenters. The van der Waals surface area contributed by atoms with Crippen molar-refractivity contribution >= 4 is 22.6 Å². The zero-order valence-electron chi connectivity index (χ0n) is 11.5. The Kier molecular flexibility index (Phi) is 4.66. The number of methoxy groups -OCH3 is 1. The van der Waals surface area contributed by atoms with Crippen LogP contribution in [0.4, 0.5) is 0 Å². The van der Waals surface area contributed by atoms with Gasteiger partial charge in [-0.3, -0.25) is 0 Å². The van der Waals surface area contributed by atoms with Crippen LogP contribution in [0.15, 0.2) is 18.2 Å². The lowest BCUT2D eigenvalue weighted by Gasteiger charge is -2.17. The van der Waals surface area contributed by atoms with Gasteiger partial charge in [0.15, 0.2) is 0 Å². The van der Waals surface area contributed by atoms with Crippen LogP contribution in [0, 0.1) is 0 Å². The summed E-state index contributed by atoms with van der Waals surface area (Å²) in [6, 6.07) is 6.03. The first-order chi connectivity index (χ1) is 9.21. The van der Waals surface area contributed by atoms with Gasteiger partial charge >= 0.3 is 0 Å². The number of nitrogens with zero attached hydrogens (tertiary/aromatic N) is 2. The average Bonchev–Trinajstić information content (AvgIpc) is 2.82. The van der Waals surface area contributed by atoms with Crippen LogP contribution in [0.3, 0.4) is 0 Å². The van der Waals surface area contributed by atoms with E-state index in [1.54, 1.807) is 7.11 Å². The van der Waals surface area contributed by atoms with Crippen molar-refractivity contribution in [2.24, 2.45) is 0 Å². The van der Waals surface area contributed by atoms with Crippen molar-refractivity contribution in [2.75, 3.05) is 20.3 Å². The van der Waals surface area contributed by atoms with Gasteiger partial charge in [-0.05, 0) is 26.0 Å². The van der Waals surface area contributed by atoms with E-state index in [-0.39, 0.29) is 6.04 Å². The molecule has 0 saturated heterocycles. The van der Waals surface area contributed by atoms with E-state index in [2.05, 4.69) is 16.5 Å². The average molecular weight is 283 g/mol. The molecule has 0 aliphatic rings. The summed E-state index contributed by atoms with van der Waals surface area (Å²) < 4.78 is 12.9. The molecule has 1 heterocycles. The summed E-state index contributed by atoms with van der Waals surface area (Å²) in [7, 11) is 1.66. The number of imidazole rings is 1. The van der Waals surface area contributed by atoms with E-state index in [0.29, 0.717) is 19.1 Å². The lowest BCUT2D eigenvalue weighted by Crippen LogP contribution is -2.14. The van der Waals surface area contributed by atoms with E-state index in [1.807, 2.05) is 25.1 Å². The third-order valence-corrected chi connectivity index (χ3v) is 3.33. The maximum Gasteiger partial charge on any atom is 0.125 e. The van der Waals surface area contributed by atoms with E-state index in [9.17, 15) is 0 Å². The Morgan fingerprint density at radius 3 is 2.84 bits per heavy atom. The fraction of sp³-hybridized carbons (Fsp3) is 0.500. The van der Waals surface area contributed by atoms with Gasteiger partial charge in [-0.25, -0.2) is 4.98 Å². The minimum Gasteiger partial charge on any atom is -0.497 e. The second kappa shape index (κ2) is 6.26. The number of halogens is 1. The van der Waals surface area contributed by atoms with Crippen LogP contribution in [0.1, 0.15) is 25.7 Å². The van der Waals surface area contributed by atoms with Gasteiger partial charge in [0, 0.05) is 12.7 Å². The molecule has 0 saturated carbocycles. The molecule has 2 rings (SSSR count). The molecule has 0 aliphatic heterocycles. The standard InChI is InChI=1S/C14H19ClN2O2/c1-4-19-9-10(2)17-13-7-11(18-3)5-6-12(13)16-14(17)8-15/h5-7,10H,4,8-9H2,1-3H3. The maximum absolute atomic E-state index is 6.00. The number of benzene rings is 1. The van der Waals surface area contributed by atoms with Crippen molar-refractivity contribution in [1.29, 1.82) is 0 Å². The molecule has 0 aliphatic carbocycles. The zero-order valence-corrected chi connectivity index (χ0v) is 12.3. The van der Waals surface area contributed by atoms with E-state index < -0.39 is 0 Å². The number of hydrogen-bond acceptors (Lipinski definition) is 3. The van der Waals surface area contributed by atoms with Crippen molar-refractivity contribution in [3.8, 4) is 5.75 Å². The Hall–Kier alpha value is -1.26. The van der Waals surface area contributed by atoms with Crippen LogP contribution in [0.5, 0.6) is 5.75 Å². The molecule has 0 radical (unpaired) electrons. The number of rotatable bonds is 6. The van der Waals surface area contributed by atoms with E-state index in [4.69, 9.17) is 21.1 Å².